The van der Waals surface area contributed by atoms with Crippen LogP contribution in [0, 0.1) is 0 Å². The second-order valence-corrected chi connectivity index (χ2v) is 20.3. The van der Waals surface area contributed by atoms with E-state index in [0.717, 1.165) is 52.7 Å². The van der Waals surface area contributed by atoms with E-state index in [0.29, 0.717) is 26.4 Å². The maximum atomic E-state index is 13.0. The van der Waals surface area contributed by atoms with Crippen LogP contribution < -0.4 is 9.64 Å². The molecule has 2 fully saturated rings. The molecule has 5 rings (SSSR count). The van der Waals surface area contributed by atoms with Crippen LogP contribution in [0.5, 0.6) is 5.75 Å². The number of hydrogen-bond acceptors (Lipinski definition) is 8. The summed E-state index contributed by atoms with van der Waals surface area (Å²) in [4.78, 5) is 26.4. The molecule has 11 heteroatoms. The highest BCUT2D eigenvalue weighted by Gasteiger charge is 2.40. The van der Waals surface area contributed by atoms with E-state index in [1.54, 1.807) is 6.33 Å². The van der Waals surface area contributed by atoms with Gasteiger partial charge in [0.1, 0.15) is 35.8 Å². The number of benzene rings is 1. The molecule has 3 aromatic rings. The SMILES string of the molecule is C[C@@H]1CN(c2cc(-c3c4cc(OC5(C)CC5)ccc4nn3COCC[Si](C)(C)C)ncn2)C[C@H](C)N1C(=O)OC(C)(C)C. The van der Waals surface area contributed by atoms with Crippen LogP contribution in [0.15, 0.2) is 30.6 Å². The van der Waals surface area contributed by atoms with E-state index in [1.807, 2.05) is 48.6 Å². The van der Waals surface area contributed by atoms with Crippen LogP contribution in [-0.4, -0.2) is 81.8 Å². The van der Waals surface area contributed by atoms with E-state index >= 15 is 0 Å². The first kappa shape index (κ1) is 31.2. The highest BCUT2D eigenvalue weighted by molar-refractivity contribution is 6.76. The van der Waals surface area contributed by atoms with Crippen molar-refractivity contribution in [1.29, 1.82) is 0 Å². The average Bonchev–Trinajstić information content (AvgIpc) is 3.50. The minimum absolute atomic E-state index is 0.0494. The largest absolute Gasteiger partial charge is 0.488 e. The van der Waals surface area contributed by atoms with Crippen molar-refractivity contribution < 1.29 is 19.0 Å². The number of carbonyl (C=O) groups excluding carboxylic acids is 1. The Morgan fingerprint density at radius 2 is 1.77 bits per heavy atom. The smallest absolute Gasteiger partial charge is 0.410 e. The summed E-state index contributed by atoms with van der Waals surface area (Å²) in [6.07, 6.45) is 3.46. The number of fused-ring (bicyclic) bond motifs is 1. The first-order valence-electron chi connectivity index (χ1n) is 15.5. The van der Waals surface area contributed by atoms with Crippen LogP contribution in [-0.2, 0) is 16.2 Å². The zero-order valence-electron chi connectivity index (χ0n) is 27.3. The van der Waals surface area contributed by atoms with Crippen LogP contribution in [0.25, 0.3) is 22.3 Å². The molecule has 1 saturated heterocycles. The Morgan fingerprint density at radius 3 is 2.40 bits per heavy atom. The molecule has 43 heavy (non-hydrogen) atoms. The van der Waals surface area contributed by atoms with Crippen molar-refractivity contribution in [2.24, 2.45) is 0 Å². The van der Waals surface area contributed by atoms with Crippen molar-refractivity contribution in [3.05, 3.63) is 30.6 Å². The number of aromatic nitrogens is 4. The monoisotopic (exact) mass is 608 g/mol. The van der Waals surface area contributed by atoms with Gasteiger partial charge in [0, 0.05) is 39.2 Å². The molecule has 1 aliphatic heterocycles. The molecule has 2 aromatic heterocycles. The van der Waals surface area contributed by atoms with Gasteiger partial charge in [0.2, 0.25) is 0 Å². The summed E-state index contributed by atoms with van der Waals surface area (Å²) >= 11 is 0. The molecule has 0 unspecified atom stereocenters. The van der Waals surface area contributed by atoms with Gasteiger partial charge in [-0.3, -0.25) is 4.90 Å². The van der Waals surface area contributed by atoms with E-state index in [9.17, 15) is 4.79 Å². The van der Waals surface area contributed by atoms with Crippen molar-refractivity contribution in [1.82, 2.24) is 24.6 Å². The third-order valence-corrected chi connectivity index (χ3v) is 9.68. The zero-order valence-corrected chi connectivity index (χ0v) is 28.3. The highest BCUT2D eigenvalue weighted by Crippen LogP contribution is 2.41. The number of hydrogen-bond donors (Lipinski definition) is 0. The van der Waals surface area contributed by atoms with Crippen molar-refractivity contribution in [3.63, 3.8) is 0 Å². The van der Waals surface area contributed by atoms with Gasteiger partial charge in [-0.25, -0.2) is 19.4 Å². The van der Waals surface area contributed by atoms with E-state index in [4.69, 9.17) is 24.3 Å². The fourth-order valence-electron chi connectivity index (χ4n) is 5.46. The first-order chi connectivity index (χ1) is 20.1. The molecule has 10 nitrogen and oxygen atoms in total. The minimum Gasteiger partial charge on any atom is -0.488 e. The summed E-state index contributed by atoms with van der Waals surface area (Å²) in [5.41, 5.74) is 1.89. The van der Waals surface area contributed by atoms with Crippen LogP contribution in [0.3, 0.4) is 0 Å². The minimum atomic E-state index is -1.22. The topological polar surface area (TPSA) is 94.8 Å². The van der Waals surface area contributed by atoms with Crippen molar-refractivity contribution in [2.75, 3.05) is 24.6 Å². The maximum Gasteiger partial charge on any atom is 0.410 e. The van der Waals surface area contributed by atoms with E-state index in [1.165, 1.54) is 0 Å². The molecular formula is C32H48N6O4Si. The molecule has 3 heterocycles. The highest BCUT2D eigenvalue weighted by atomic mass is 28.3. The number of anilines is 1. The molecular weight excluding hydrogens is 560 g/mol. The molecule has 1 aliphatic carbocycles. The summed E-state index contributed by atoms with van der Waals surface area (Å²) < 4.78 is 20.1. The molecule has 1 saturated carbocycles. The fourth-order valence-corrected chi connectivity index (χ4v) is 6.22. The Bertz CT molecular complexity index is 1450. The number of ether oxygens (including phenoxy) is 3. The first-order valence-corrected chi connectivity index (χ1v) is 19.2. The van der Waals surface area contributed by atoms with Gasteiger partial charge >= 0.3 is 6.09 Å². The average molecular weight is 609 g/mol. The van der Waals surface area contributed by atoms with Crippen molar-refractivity contribution in [2.45, 2.75) is 110 Å². The normalized spacial score (nSPS) is 20.4. The van der Waals surface area contributed by atoms with Gasteiger partial charge in [-0.2, -0.15) is 5.10 Å². The van der Waals surface area contributed by atoms with Crippen molar-refractivity contribution in [3.8, 4) is 17.1 Å². The summed E-state index contributed by atoms with van der Waals surface area (Å²) in [6, 6.07) is 9.09. The number of rotatable bonds is 9. The Hall–Kier alpha value is -3.18. The van der Waals surface area contributed by atoms with Crippen LogP contribution in [0.2, 0.25) is 25.7 Å². The van der Waals surface area contributed by atoms with E-state index in [2.05, 4.69) is 56.4 Å². The quantitative estimate of drug-likeness (QED) is 0.199. The van der Waals surface area contributed by atoms with Gasteiger partial charge in [-0.15, -0.1) is 0 Å². The van der Waals surface area contributed by atoms with Crippen LogP contribution in [0.1, 0.15) is 54.4 Å². The molecule has 2 atom stereocenters. The lowest BCUT2D eigenvalue weighted by atomic mass is 10.1. The van der Waals surface area contributed by atoms with Gasteiger partial charge in [0.25, 0.3) is 0 Å². The molecule has 0 radical (unpaired) electrons. The Kier molecular flexibility index (Phi) is 8.52. The van der Waals surface area contributed by atoms with E-state index in [-0.39, 0.29) is 23.8 Å². The zero-order chi connectivity index (χ0) is 31.2. The summed E-state index contributed by atoms with van der Waals surface area (Å²) in [5, 5.41) is 5.89. The second kappa shape index (κ2) is 11.7. The predicted octanol–water partition coefficient (Wildman–Crippen LogP) is 6.57. The molecule has 0 spiro atoms. The molecule has 1 amide bonds. The van der Waals surface area contributed by atoms with Crippen LogP contribution in [0.4, 0.5) is 10.6 Å². The molecule has 0 N–H and O–H groups in total. The molecule has 2 aliphatic rings. The number of amides is 1. The van der Waals surface area contributed by atoms with Crippen molar-refractivity contribution >= 4 is 30.9 Å². The maximum absolute atomic E-state index is 13.0. The summed E-state index contributed by atoms with van der Waals surface area (Å²) in [7, 11) is -1.22. The second-order valence-electron chi connectivity index (χ2n) is 14.7. The third-order valence-electron chi connectivity index (χ3n) is 7.98. The van der Waals surface area contributed by atoms with Gasteiger partial charge in [-0.05, 0) is 78.6 Å². The van der Waals surface area contributed by atoms with Gasteiger partial charge in [0.05, 0.1) is 29.0 Å². The van der Waals surface area contributed by atoms with Gasteiger partial charge in [0.15, 0.2) is 0 Å². The van der Waals surface area contributed by atoms with Gasteiger partial charge < -0.3 is 19.1 Å². The molecule has 1 aromatic carbocycles. The Labute approximate surface area is 256 Å². The number of piperazine rings is 1. The lowest BCUT2D eigenvalue weighted by Gasteiger charge is -2.44. The standard InChI is InChI=1S/C32H48N6O4Si/c1-22-18-36(19-23(2)38(22)30(39)42-31(3,4)5)28-17-27(33-20-34-28)29-25-16-24(41-32(6)12-13-32)10-11-26(25)35-37(29)21-40-14-15-43(7,8)9/h10-11,16-17,20,22-23H,12-15,18-19,21H2,1-9H3/t22-,23+. The molecule has 0 bridgehead atoms. The Morgan fingerprint density at radius 1 is 1.07 bits per heavy atom. The lowest BCUT2D eigenvalue weighted by Crippen LogP contribution is -2.59. The molecule has 234 valence electrons. The fraction of sp³-hybridized carbons (Fsp3) is 0.625. The Balaban J connectivity index is 1.43. The predicted molar refractivity (Wildman–Crippen MR) is 172 cm³/mol. The third kappa shape index (κ3) is 7.67. The number of nitrogens with zero attached hydrogens (tertiary/aromatic N) is 6. The summed E-state index contributed by atoms with van der Waals surface area (Å²) in [6.45, 7) is 21.3. The van der Waals surface area contributed by atoms with Crippen LogP contribution >= 0.6 is 0 Å². The van der Waals surface area contributed by atoms with E-state index < -0.39 is 13.7 Å². The van der Waals surface area contributed by atoms with Gasteiger partial charge in [-0.1, -0.05) is 19.6 Å². The summed E-state index contributed by atoms with van der Waals surface area (Å²) in [5.74, 6) is 1.65. The lowest BCUT2D eigenvalue weighted by molar-refractivity contribution is 0.00559. The number of carbonyl (C=O) groups is 1.